The van der Waals surface area contributed by atoms with Gasteiger partial charge in [0.05, 0.1) is 17.1 Å². The highest BCUT2D eigenvalue weighted by atomic mass is 19.1. The second kappa shape index (κ2) is 14.2. The van der Waals surface area contributed by atoms with Crippen molar-refractivity contribution in [1.82, 2.24) is 9.97 Å². The first-order valence-electron chi connectivity index (χ1n) is 16.4. The van der Waals surface area contributed by atoms with Gasteiger partial charge >= 0.3 is 0 Å². The molecule has 0 bridgehead atoms. The van der Waals surface area contributed by atoms with Crippen molar-refractivity contribution in [2.45, 2.75) is 90.4 Å². The van der Waals surface area contributed by atoms with Gasteiger partial charge in [0, 0.05) is 28.3 Å². The molecule has 5 rings (SSSR count). The lowest BCUT2D eigenvalue weighted by atomic mass is 9.70. The third-order valence-electron chi connectivity index (χ3n) is 9.19. The maximum Gasteiger partial charge on any atom is 0.132 e. The fourth-order valence-corrected chi connectivity index (χ4v) is 6.91. The number of rotatable bonds is 14. The van der Waals surface area contributed by atoms with Gasteiger partial charge in [0.25, 0.3) is 0 Å². The molecule has 44 heavy (non-hydrogen) atoms. The van der Waals surface area contributed by atoms with E-state index >= 15 is 4.39 Å². The van der Waals surface area contributed by atoms with Crippen LogP contribution >= 0.6 is 0 Å². The number of benzene rings is 2. The Kier molecular flexibility index (Phi) is 10.1. The summed E-state index contributed by atoms with van der Waals surface area (Å²) < 4.78 is 15.2. The van der Waals surface area contributed by atoms with Crippen molar-refractivity contribution in [3.8, 4) is 39.5 Å². The molecule has 4 aromatic rings. The summed E-state index contributed by atoms with van der Waals surface area (Å²) in [5, 5.41) is 11.2. The molecular weight excluding hydrogens is 543 g/mol. The van der Waals surface area contributed by atoms with E-state index in [-0.39, 0.29) is 17.0 Å². The molecule has 0 atom stereocenters. The van der Waals surface area contributed by atoms with Crippen molar-refractivity contribution in [2.24, 2.45) is 0 Å². The zero-order valence-corrected chi connectivity index (χ0v) is 26.5. The van der Waals surface area contributed by atoms with E-state index in [2.05, 4.69) is 43.6 Å². The summed E-state index contributed by atoms with van der Waals surface area (Å²) in [5.74, 6) is -0.0584. The van der Waals surface area contributed by atoms with Crippen LogP contribution in [0.5, 0.6) is 5.75 Å². The van der Waals surface area contributed by atoms with Crippen LogP contribution in [0.25, 0.3) is 45.9 Å². The molecule has 2 heterocycles. The van der Waals surface area contributed by atoms with E-state index in [1.54, 1.807) is 24.4 Å². The topological polar surface area (TPSA) is 46.0 Å². The maximum absolute atomic E-state index is 15.2. The molecule has 0 saturated heterocycles. The van der Waals surface area contributed by atoms with Crippen molar-refractivity contribution in [2.75, 3.05) is 0 Å². The number of aromatic nitrogens is 2. The smallest absolute Gasteiger partial charge is 0.132 e. The second-order valence-electron chi connectivity index (χ2n) is 12.1. The first-order valence-corrected chi connectivity index (χ1v) is 16.4. The fraction of sp³-hybridized carbons (Fsp3) is 0.350. The number of hydrogen-bond donors (Lipinski definition) is 1. The van der Waals surface area contributed by atoms with E-state index < -0.39 is 0 Å². The molecule has 1 N–H and O–H groups in total. The Morgan fingerprint density at radius 1 is 0.841 bits per heavy atom. The Hall–Kier alpha value is -4.05. The predicted molar refractivity (Wildman–Crippen MR) is 183 cm³/mol. The number of hydrogen-bond acceptors (Lipinski definition) is 3. The van der Waals surface area contributed by atoms with E-state index in [0.29, 0.717) is 11.3 Å². The predicted octanol–water partition coefficient (Wildman–Crippen LogP) is 11.5. The molecule has 0 amide bonds. The molecule has 0 radical (unpaired) electrons. The van der Waals surface area contributed by atoms with Crippen LogP contribution in [-0.4, -0.2) is 15.1 Å². The summed E-state index contributed by atoms with van der Waals surface area (Å²) in [7, 11) is 0. The number of pyridine rings is 2. The van der Waals surface area contributed by atoms with E-state index in [4.69, 9.17) is 4.98 Å². The van der Waals surface area contributed by atoms with Crippen LogP contribution in [0.3, 0.4) is 0 Å². The molecule has 2 aromatic heterocycles. The van der Waals surface area contributed by atoms with Gasteiger partial charge in [-0.05, 0) is 78.4 Å². The molecule has 0 saturated carbocycles. The molecule has 0 spiro atoms. The van der Waals surface area contributed by atoms with Crippen LogP contribution in [0.15, 0.2) is 73.4 Å². The molecule has 228 valence electrons. The number of phenolic OH excluding ortho intramolecular Hbond substituents is 1. The zero-order chi connectivity index (χ0) is 31.1. The third-order valence-corrected chi connectivity index (χ3v) is 9.19. The molecule has 1 aliphatic carbocycles. The van der Waals surface area contributed by atoms with Crippen molar-refractivity contribution >= 4 is 12.2 Å². The zero-order valence-electron chi connectivity index (χ0n) is 26.5. The molecule has 0 unspecified atom stereocenters. The minimum atomic E-state index is -0.336. The van der Waals surface area contributed by atoms with Crippen LogP contribution in [-0.2, 0) is 5.41 Å². The van der Waals surface area contributed by atoms with Gasteiger partial charge in [-0.15, -0.1) is 0 Å². The Labute approximate surface area is 262 Å². The second-order valence-corrected chi connectivity index (χ2v) is 12.1. The SMILES string of the molecule is C=Cc1cc(-c2cc(-c3ccc4c(n3)-c3c(O)cccc3C4(CCCCCC)CCCCCC)ccc2F)ncc1C=CC. The summed E-state index contributed by atoms with van der Waals surface area (Å²) in [6.45, 7) is 10.4. The van der Waals surface area contributed by atoms with Gasteiger partial charge < -0.3 is 5.11 Å². The van der Waals surface area contributed by atoms with Crippen LogP contribution in [0.2, 0.25) is 0 Å². The number of allylic oxidation sites excluding steroid dienone is 1. The van der Waals surface area contributed by atoms with Gasteiger partial charge in [-0.2, -0.15) is 0 Å². The molecule has 3 nitrogen and oxygen atoms in total. The number of nitrogens with zero attached hydrogens (tertiary/aromatic N) is 2. The average Bonchev–Trinajstić information content (AvgIpc) is 3.32. The monoisotopic (exact) mass is 588 g/mol. The van der Waals surface area contributed by atoms with Gasteiger partial charge in [0.1, 0.15) is 11.6 Å². The summed E-state index contributed by atoms with van der Waals surface area (Å²) in [5.41, 5.74) is 8.33. The van der Waals surface area contributed by atoms with E-state index in [9.17, 15) is 5.11 Å². The van der Waals surface area contributed by atoms with Crippen LogP contribution in [0, 0.1) is 5.82 Å². The minimum Gasteiger partial charge on any atom is -0.507 e. The van der Waals surface area contributed by atoms with Crippen molar-refractivity contribution in [3.63, 3.8) is 0 Å². The van der Waals surface area contributed by atoms with Gasteiger partial charge in [0.2, 0.25) is 0 Å². The largest absolute Gasteiger partial charge is 0.507 e. The Morgan fingerprint density at radius 2 is 1.59 bits per heavy atom. The van der Waals surface area contributed by atoms with Gasteiger partial charge in [-0.1, -0.05) is 108 Å². The van der Waals surface area contributed by atoms with Crippen LogP contribution in [0.4, 0.5) is 4.39 Å². The standard InChI is InChI=1S/C40H45FN2O/c1-5-9-11-13-23-40(24-14-12-10-6-2)32-17-15-18-37(44)38(32)39-33(40)20-22-35(43-39)29-19-21-34(41)31(25-29)36-26-28(8-4)30(16-7-3)27-42-36/h7-8,15-22,25-27,44H,4-6,9-14,23-24H2,1-3H3. The average molecular weight is 589 g/mol. The summed E-state index contributed by atoms with van der Waals surface area (Å²) in [4.78, 5) is 9.80. The molecule has 0 aliphatic heterocycles. The van der Waals surface area contributed by atoms with Crippen molar-refractivity contribution in [3.05, 3.63) is 102 Å². The molecule has 0 fully saturated rings. The fourth-order valence-electron chi connectivity index (χ4n) is 6.91. The van der Waals surface area contributed by atoms with Crippen molar-refractivity contribution in [1.29, 1.82) is 0 Å². The highest BCUT2D eigenvalue weighted by Crippen LogP contribution is 2.56. The Balaban J connectivity index is 1.59. The minimum absolute atomic E-state index is 0.163. The third kappa shape index (κ3) is 6.13. The quantitative estimate of drug-likeness (QED) is 0.149. The summed E-state index contributed by atoms with van der Waals surface area (Å²) in [6.07, 6.45) is 19.1. The Bertz CT molecular complexity index is 1640. The molecule has 1 aliphatic rings. The lowest BCUT2D eigenvalue weighted by Gasteiger charge is -2.32. The molecular formula is C40H45FN2O. The lowest BCUT2D eigenvalue weighted by molar-refractivity contribution is 0.399. The van der Waals surface area contributed by atoms with Crippen LogP contribution < -0.4 is 0 Å². The van der Waals surface area contributed by atoms with Crippen molar-refractivity contribution < 1.29 is 9.50 Å². The number of halogens is 1. The van der Waals surface area contributed by atoms with Gasteiger partial charge in [0.15, 0.2) is 0 Å². The normalized spacial score (nSPS) is 13.3. The van der Waals surface area contributed by atoms with E-state index in [1.165, 1.54) is 55.7 Å². The maximum atomic E-state index is 15.2. The number of unbranched alkanes of at least 4 members (excludes halogenated alkanes) is 6. The molecule has 2 aromatic carbocycles. The Morgan fingerprint density at radius 3 is 2.27 bits per heavy atom. The van der Waals surface area contributed by atoms with Crippen LogP contribution in [0.1, 0.15) is 107 Å². The lowest BCUT2D eigenvalue weighted by Crippen LogP contribution is -2.25. The van der Waals surface area contributed by atoms with E-state index in [1.807, 2.05) is 37.3 Å². The highest BCUT2D eigenvalue weighted by Gasteiger charge is 2.44. The first kappa shape index (κ1) is 31.4. The summed E-state index contributed by atoms with van der Waals surface area (Å²) >= 11 is 0. The number of aromatic hydroxyl groups is 1. The number of fused-ring (bicyclic) bond motifs is 3. The number of phenols is 1. The first-order chi connectivity index (χ1) is 21.5. The summed E-state index contributed by atoms with van der Waals surface area (Å²) in [6, 6.07) is 17.2. The van der Waals surface area contributed by atoms with Gasteiger partial charge in [-0.3, -0.25) is 4.98 Å². The van der Waals surface area contributed by atoms with E-state index in [0.717, 1.165) is 59.3 Å². The molecule has 4 heteroatoms. The highest BCUT2D eigenvalue weighted by molar-refractivity contribution is 5.84. The van der Waals surface area contributed by atoms with Gasteiger partial charge in [-0.25, -0.2) is 9.37 Å².